The molecule has 0 saturated heterocycles. The van der Waals surface area contributed by atoms with Crippen molar-refractivity contribution in [3.05, 3.63) is 78.0 Å². The van der Waals surface area contributed by atoms with Crippen LogP contribution < -0.4 is 15.4 Å². The summed E-state index contributed by atoms with van der Waals surface area (Å²) in [6.45, 7) is 2.73. The number of aromatic nitrogens is 1. The highest BCUT2D eigenvalue weighted by atomic mass is 16.5. The number of ether oxygens (including phenoxy) is 1. The maximum absolute atomic E-state index is 12.4. The van der Waals surface area contributed by atoms with Gasteiger partial charge in [-0.2, -0.15) is 0 Å². The standard InChI is InChI=1S/C20H19N3O4/c1-2-26-16-7-5-15(6-8-16)23-19(24)14-9-10-21-18(12-14)20(25)22-13-17-4-3-11-27-17/h3-12H,2,13H2,1H3,(H,22,25)(H,23,24). The Bertz CT molecular complexity index is 905. The van der Waals surface area contributed by atoms with E-state index in [2.05, 4.69) is 15.6 Å². The first-order valence-corrected chi connectivity index (χ1v) is 8.46. The molecule has 0 saturated carbocycles. The molecule has 2 heterocycles. The summed E-state index contributed by atoms with van der Waals surface area (Å²) in [7, 11) is 0. The number of amides is 2. The third kappa shape index (κ3) is 4.94. The van der Waals surface area contributed by atoms with Gasteiger partial charge in [0, 0.05) is 17.4 Å². The largest absolute Gasteiger partial charge is 0.494 e. The van der Waals surface area contributed by atoms with Gasteiger partial charge in [0.05, 0.1) is 19.4 Å². The van der Waals surface area contributed by atoms with Crippen LogP contribution in [0.4, 0.5) is 5.69 Å². The number of nitrogens with one attached hydrogen (secondary N) is 2. The molecule has 7 nitrogen and oxygen atoms in total. The Morgan fingerprint density at radius 1 is 1.11 bits per heavy atom. The van der Waals surface area contributed by atoms with Gasteiger partial charge in [-0.1, -0.05) is 0 Å². The SMILES string of the molecule is CCOc1ccc(NC(=O)c2ccnc(C(=O)NCc3ccco3)c2)cc1. The van der Waals surface area contributed by atoms with E-state index in [1.807, 2.05) is 6.92 Å². The lowest BCUT2D eigenvalue weighted by Gasteiger charge is -2.08. The van der Waals surface area contributed by atoms with Crippen molar-refractivity contribution < 1.29 is 18.7 Å². The van der Waals surface area contributed by atoms with Crippen LogP contribution >= 0.6 is 0 Å². The average Bonchev–Trinajstić information content (AvgIpc) is 3.21. The van der Waals surface area contributed by atoms with E-state index in [0.717, 1.165) is 5.75 Å². The number of hydrogen-bond acceptors (Lipinski definition) is 5. The van der Waals surface area contributed by atoms with Gasteiger partial charge < -0.3 is 19.8 Å². The maximum Gasteiger partial charge on any atom is 0.270 e. The lowest BCUT2D eigenvalue weighted by Crippen LogP contribution is -2.24. The minimum atomic E-state index is -0.387. The molecule has 1 aromatic carbocycles. The number of rotatable bonds is 7. The van der Waals surface area contributed by atoms with Gasteiger partial charge in [-0.05, 0) is 55.5 Å². The highest BCUT2D eigenvalue weighted by Crippen LogP contribution is 2.16. The molecule has 0 unspecified atom stereocenters. The second-order valence-corrected chi connectivity index (χ2v) is 5.60. The van der Waals surface area contributed by atoms with Crippen LogP contribution in [0, 0.1) is 0 Å². The third-order valence-corrected chi connectivity index (χ3v) is 3.68. The van der Waals surface area contributed by atoms with Crippen molar-refractivity contribution in [1.82, 2.24) is 10.3 Å². The number of anilines is 1. The molecule has 0 radical (unpaired) electrons. The Labute approximate surface area is 156 Å². The van der Waals surface area contributed by atoms with Crippen molar-refractivity contribution in [1.29, 1.82) is 0 Å². The summed E-state index contributed by atoms with van der Waals surface area (Å²) in [4.78, 5) is 28.7. The molecule has 0 fully saturated rings. The highest BCUT2D eigenvalue weighted by Gasteiger charge is 2.12. The Hall–Kier alpha value is -3.61. The summed E-state index contributed by atoms with van der Waals surface area (Å²) >= 11 is 0. The van der Waals surface area contributed by atoms with Crippen molar-refractivity contribution in [3.8, 4) is 5.75 Å². The molecule has 0 spiro atoms. The smallest absolute Gasteiger partial charge is 0.270 e. The van der Waals surface area contributed by atoms with Crippen LogP contribution in [0.25, 0.3) is 0 Å². The lowest BCUT2D eigenvalue weighted by molar-refractivity contribution is 0.0943. The van der Waals surface area contributed by atoms with E-state index >= 15 is 0 Å². The van der Waals surface area contributed by atoms with Crippen LogP contribution in [-0.4, -0.2) is 23.4 Å². The quantitative estimate of drug-likeness (QED) is 0.670. The molecule has 2 aromatic heterocycles. The number of carbonyl (C=O) groups excluding carboxylic acids is 2. The molecular formula is C20H19N3O4. The van der Waals surface area contributed by atoms with Gasteiger partial charge >= 0.3 is 0 Å². The van der Waals surface area contributed by atoms with Crippen LogP contribution in [0.1, 0.15) is 33.5 Å². The number of carbonyl (C=O) groups is 2. The number of pyridine rings is 1. The summed E-state index contributed by atoms with van der Waals surface area (Å²) in [5, 5.41) is 5.47. The Morgan fingerprint density at radius 3 is 2.63 bits per heavy atom. The molecule has 3 rings (SSSR count). The van der Waals surface area contributed by atoms with Crippen LogP contribution in [0.3, 0.4) is 0 Å². The fourth-order valence-corrected chi connectivity index (χ4v) is 2.37. The van der Waals surface area contributed by atoms with E-state index in [0.29, 0.717) is 23.6 Å². The van der Waals surface area contributed by atoms with E-state index in [9.17, 15) is 9.59 Å². The monoisotopic (exact) mass is 365 g/mol. The molecule has 138 valence electrons. The van der Waals surface area contributed by atoms with Gasteiger partial charge in [0.25, 0.3) is 11.8 Å². The molecule has 27 heavy (non-hydrogen) atoms. The van der Waals surface area contributed by atoms with Crippen molar-refractivity contribution in [2.75, 3.05) is 11.9 Å². The van der Waals surface area contributed by atoms with Gasteiger partial charge in [0.2, 0.25) is 0 Å². The van der Waals surface area contributed by atoms with Gasteiger partial charge in [-0.3, -0.25) is 14.6 Å². The first-order valence-electron chi connectivity index (χ1n) is 8.46. The van der Waals surface area contributed by atoms with E-state index in [1.54, 1.807) is 42.5 Å². The summed E-state index contributed by atoms with van der Waals surface area (Å²) in [5.41, 5.74) is 1.12. The summed E-state index contributed by atoms with van der Waals surface area (Å²) in [5.74, 6) is 0.645. The molecule has 3 aromatic rings. The van der Waals surface area contributed by atoms with E-state index in [1.165, 1.54) is 18.5 Å². The predicted molar refractivity (Wildman–Crippen MR) is 99.7 cm³/mol. The summed E-state index contributed by atoms with van der Waals surface area (Å²) < 4.78 is 10.5. The van der Waals surface area contributed by atoms with Crippen LogP contribution in [0.15, 0.2) is 65.4 Å². The van der Waals surface area contributed by atoms with Gasteiger partial charge in [-0.25, -0.2) is 0 Å². The number of furan rings is 1. The third-order valence-electron chi connectivity index (χ3n) is 3.68. The van der Waals surface area contributed by atoms with Crippen LogP contribution in [0.5, 0.6) is 5.75 Å². The molecule has 0 aliphatic rings. The van der Waals surface area contributed by atoms with Gasteiger partial charge in [-0.15, -0.1) is 0 Å². The van der Waals surface area contributed by atoms with E-state index in [-0.39, 0.29) is 24.1 Å². The first kappa shape index (κ1) is 18.2. The van der Waals surface area contributed by atoms with Crippen LogP contribution in [0.2, 0.25) is 0 Å². The zero-order valence-corrected chi connectivity index (χ0v) is 14.8. The molecule has 0 aliphatic carbocycles. The van der Waals surface area contributed by atoms with Crippen molar-refractivity contribution in [3.63, 3.8) is 0 Å². The number of hydrogen-bond donors (Lipinski definition) is 2. The fourth-order valence-electron chi connectivity index (χ4n) is 2.37. The van der Waals surface area contributed by atoms with E-state index < -0.39 is 0 Å². The molecule has 7 heteroatoms. The molecule has 2 amide bonds. The summed E-state index contributed by atoms with van der Waals surface area (Å²) in [6, 6.07) is 13.6. The van der Waals surface area contributed by atoms with Crippen molar-refractivity contribution >= 4 is 17.5 Å². The van der Waals surface area contributed by atoms with E-state index in [4.69, 9.17) is 9.15 Å². The van der Waals surface area contributed by atoms with Crippen LogP contribution in [-0.2, 0) is 6.54 Å². The minimum absolute atomic E-state index is 0.154. The van der Waals surface area contributed by atoms with Gasteiger partial charge in [0.15, 0.2) is 0 Å². The topological polar surface area (TPSA) is 93.5 Å². The maximum atomic E-state index is 12.4. The molecule has 2 N–H and O–H groups in total. The van der Waals surface area contributed by atoms with Gasteiger partial charge in [0.1, 0.15) is 17.2 Å². The molecule has 0 aliphatic heterocycles. The predicted octanol–water partition coefficient (Wildman–Crippen LogP) is 3.26. The minimum Gasteiger partial charge on any atom is -0.494 e. The molecular weight excluding hydrogens is 346 g/mol. The normalized spacial score (nSPS) is 10.3. The second-order valence-electron chi connectivity index (χ2n) is 5.60. The zero-order valence-electron chi connectivity index (χ0n) is 14.8. The Kier molecular flexibility index (Phi) is 5.84. The molecule has 0 bridgehead atoms. The Morgan fingerprint density at radius 2 is 1.93 bits per heavy atom. The summed E-state index contributed by atoms with van der Waals surface area (Å²) in [6.07, 6.45) is 2.96. The fraction of sp³-hybridized carbons (Fsp3) is 0.150. The second kappa shape index (κ2) is 8.66. The number of nitrogens with zero attached hydrogens (tertiary/aromatic N) is 1. The molecule has 0 atom stereocenters. The van der Waals surface area contributed by atoms with Crippen molar-refractivity contribution in [2.24, 2.45) is 0 Å². The van der Waals surface area contributed by atoms with Crippen molar-refractivity contribution in [2.45, 2.75) is 13.5 Å². The number of benzene rings is 1. The lowest BCUT2D eigenvalue weighted by atomic mass is 10.2. The average molecular weight is 365 g/mol. The zero-order chi connectivity index (χ0) is 19.1. The first-order chi connectivity index (χ1) is 13.2. The highest BCUT2D eigenvalue weighted by molar-refractivity contribution is 6.05. The Balaban J connectivity index is 1.63.